The molecule has 0 radical (unpaired) electrons. The van der Waals surface area contributed by atoms with Crippen molar-refractivity contribution in [2.24, 2.45) is 5.73 Å². The first-order valence-electron chi connectivity index (χ1n) is 10.4. The van der Waals surface area contributed by atoms with E-state index < -0.39 is 11.9 Å². The van der Waals surface area contributed by atoms with Crippen LogP contribution < -0.4 is 5.73 Å². The number of aromatic hydroxyl groups is 1. The van der Waals surface area contributed by atoms with Gasteiger partial charge in [-0.15, -0.1) is 0 Å². The lowest BCUT2D eigenvalue weighted by atomic mass is 10.0. The minimum atomic E-state index is -0.559. The number of carbonyl (C=O) groups excluding carboxylic acids is 1. The fraction of sp³-hybridized carbons (Fsp3) is 0.154. The molecule has 0 fully saturated rings. The molecule has 1 heterocycles. The van der Waals surface area contributed by atoms with Gasteiger partial charge in [-0.3, -0.25) is 9.69 Å². The van der Waals surface area contributed by atoms with Gasteiger partial charge >= 0.3 is 0 Å². The molecule has 0 aliphatic heterocycles. The number of nitrogens with two attached hydrogens (primary N) is 1. The van der Waals surface area contributed by atoms with E-state index in [1.165, 1.54) is 0 Å². The summed E-state index contributed by atoms with van der Waals surface area (Å²) in [6, 6.07) is 27.8. The Morgan fingerprint density at radius 3 is 2.22 bits per heavy atom. The third-order valence-corrected chi connectivity index (χ3v) is 5.35. The summed E-state index contributed by atoms with van der Waals surface area (Å²) in [5.41, 5.74) is 9.48. The fourth-order valence-corrected chi connectivity index (χ4v) is 3.69. The van der Waals surface area contributed by atoms with Gasteiger partial charge < -0.3 is 15.4 Å². The third-order valence-electron chi connectivity index (χ3n) is 5.35. The second-order valence-corrected chi connectivity index (χ2v) is 7.73. The van der Waals surface area contributed by atoms with Gasteiger partial charge in [0.15, 0.2) is 5.76 Å². The summed E-state index contributed by atoms with van der Waals surface area (Å²) < 4.78 is 5.55. The zero-order valence-corrected chi connectivity index (χ0v) is 17.6. The van der Waals surface area contributed by atoms with Crippen LogP contribution in [0.1, 0.15) is 16.8 Å². The van der Waals surface area contributed by atoms with E-state index in [-0.39, 0.29) is 5.75 Å². The summed E-state index contributed by atoms with van der Waals surface area (Å²) in [6.45, 7) is 0.928. The number of benzene rings is 3. The maximum absolute atomic E-state index is 12.5. The van der Waals surface area contributed by atoms with Crippen molar-refractivity contribution >= 4 is 5.91 Å². The lowest BCUT2D eigenvalue weighted by Gasteiger charge is -2.29. The molecule has 0 aliphatic carbocycles. The zero-order chi connectivity index (χ0) is 22.3. The molecule has 3 aromatic carbocycles. The number of hydrogen-bond acceptors (Lipinski definition) is 5. The van der Waals surface area contributed by atoms with Crippen molar-refractivity contribution < 1.29 is 14.4 Å². The van der Waals surface area contributed by atoms with Crippen molar-refractivity contribution in [2.45, 2.75) is 25.6 Å². The van der Waals surface area contributed by atoms with Crippen LogP contribution in [-0.2, 0) is 24.3 Å². The standard InChI is InChI=1S/C26H25N3O3/c27-26(31)24(15-19-11-13-23(30)14-12-19)29(17-20-7-3-1-4-8-20)18-22-16-25(32-28-22)21-9-5-2-6-10-21/h1-14,16,24,30H,15,17-18H2,(H2,27,31). The minimum absolute atomic E-state index is 0.182. The summed E-state index contributed by atoms with van der Waals surface area (Å²) >= 11 is 0. The molecule has 1 unspecified atom stereocenters. The zero-order valence-electron chi connectivity index (χ0n) is 17.6. The average molecular weight is 428 g/mol. The van der Waals surface area contributed by atoms with Gasteiger partial charge in [0.2, 0.25) is 5.91 Å². The second kappa shape index (κ2) is 9.94. The number of nitrogens with zero attached hydrogens (tertiary/aromatic N) is 2. The maximum Gasteiger partial charge on any atom is 0.235 e. The lowest BCUT2D eigenvalue weighted by Crippen LogP contribution is -2.45. The molecule has 3 N–H and O–H groups in total. The van der Waals surface area contributed by atoms with E-state index in [2.05, 4.69) is 5.16 Å². The molecule has 6 nitrogen and oxygen atoms in total. The smallest absolute Gasteiger partial charge is 0.235 e. The number of hydrogen-bond donors (Lipinski definition) is 2. The van der Waals surface area contributed by atoms with Gasteiger partial charge in [0.1, 0.15) is 5.75 Å². The molecule has 0 bridgehead atoms. The Kier molecular flexibility index (Phi) is 6.63. The number of primary amides is 1. The quantitative estimate of drug-likeness (QED) is 0.419. The van der Waals surface area contributed by atoms with Gasteiger partial charge in [-0.2, -0.15) is 0 Å². The lowest BCUT2D eigenvalue weighted by molar-refractivity contribution is -0.123. The molecule has 4 rings (SSSR count). The molecule has 0 saturated heterocycles. The number of phenols is 1. The van der Waals surface area contributed by atoms with Gasteiger partial charge in [0.25, 0.3) is 0 Å². The van der Waals surface area contributed by atoms with Gasteiger partial charge in [-0.05, 0) is 29.7 Å². The summed E-state index contributed by atoms with van der Waals surface area (Å²) in [7, 11) is 0. The molecule has 6 heteroatoms. The Bertz CT molecular complexity index is 1140. The van der Waals surface area contributed by atoms with Crippen LogP contribution in [0.25, 0.3) is 11.3 Å². The van der Waals surface area contributed by atoms with E-state index in [0.717, 1.165) is 22.4 Å². The van der Waals surface area contributed by atoms with Gasteiger partial charge in [-0.25, -0.2) is 0 Å². The number of rotatable bonds is 9. The van der Waals surface area contributed by atoms with E-state index >= 15 is 0 Å². The van der Waals surface area contributed by atoms with Crippen LogP contribution in [0.3, 0.4) is 0 Å². The molecule has 32 heavy (non-hydrogen) atoms. The Hall–Kier alpha value is -3.90. The highest BCUT2D eigenvalue weighted by Gasteiger charge is 2.26. The second-order valence-electron chi connectivity index (χ2n) is 7.73. The fourth-order valence-electron chi connectivity index (χ4n) is 3.69. The van der Waals surface area contributed by atoms with E-state index in [1.807, 2.05) is 71.6 Å². The summed E-state index contributed by atoms with van der Waals surface area (Å²) in [4.78, 5) is 14.5. The molecule has 1 aromatic heterocycles. The van der Waals surface area contributed by atoms with Crippen LogP contribution in [0.4, 0.5) is 0 Å². The largest absolute Gasteiger partial charge is 0.508 e. The van der Waals surface area contributed by atoms with Crippen molar-refractivity contribution in [3.05, 3.63) is 108 Å². The summed E-state index contributed by atoms with van der Waals surface area (Å²) in [5, 5.41) is 13.8. The Morgan fingerprint density at radius 2 is 1.56 bits per heavy atom. The van der Waals surface area contributed by atoms with Crippen molar-refractivity contribution in [1.82, 2.24) is 10.1 Å². The van der Waals surface area contributed by atoms with E-state index in [0.29, 0.717) is 25.3 Å². The van der Waals surface area contributed by atoms with Crippen LogP contribution >= 0.6 is 0 Å². The normalized spacial score (nSPS) is 12.0. The first kappa shape index (κ1) is 21.3. The molecule has 1 atom stereocenters. The topological polar surface area (TPSA) is 92.6 Å². The van der Waals surface area contributed by atoms with Crippen molar-refractivity contribution in [2.75, 3.05) is 0 Å². The molecule has 162 valence electrons. The molecule has 4 aromatic rings. The Balaban J connectivity index is 1.60. The maximum atomic E-state index is 12.5. The van der Waals surface area contributed by atoms with Gasteiger partial charge in [-0.1, -0.05) is 78.0 Å². The summed E-state index contributed by atoms with van der Waals surface area (Å²) in [5.74, 6) is 0.441. The monoisotopic (exact) mass is 427 g/mol. The van der Waals surface area contributed by atoms with Gasteiger partial charge in [0.05, 0.1) is 11.7 Å². The third kappa shape index (κ3) is 5.42. The SMILES string of the molecule is NC(=O)C(Cc1ccc(O)cc1)N(Cc1ccccc1)Cc1cc(-c2ccccc2)on1. The number of amides is 1. The van der Waals surface area contributed by atoms with Crippen LogP contribution in [0.15, 0.2) is 95.5 Å². The van der Waals surface area contributed by atoms with Crippen LogP contribution in [0.2, 0.25) is 0 Å². The van der Waals surface area contributed by atoms with Crippen LogP contribution in [0.5, 0.6) is 5.75 Å². The van der Waals surface area contributed by atoms with Crippen LogP contribution in [-0.4, -0.2) is 27.1 Å². The number of phenolic OH excluding ortho intramolecular Hbond substituents is 1. The molecular weight excluding hydrogens is 402 g/mol. The van der Waals surface area contributed by atoms with E-state index in [4.69, 9.17) is 10.3 Å². The molecule has 1 amide bonds. The Morgan fingerprint density at radius 1 is 0.906 bits per heavy atom. The number of aromatic nitrogens is 1. The molecule has 0 aliphatic rings. The van der Waals surface area contributed by atoms with Crippen molar-refractivity contribution in [3.63, 3.8) is 0 Å². The highest BCUT2D eigenvalue weighted by atomic mass is 16.5. The highest BCUT2D eigenvalue weighted by Crippen LogP contribution is 2.23. The van der Waals surface area contributed by atoms with Crippen molar-refractivity contribution in [1.29, 1.82) is 0 Å². The molecular formula is C26H25N3O3. The van der Waals surface area contributed by atoms with E-state index in [1.54, 1.807) is 24.3 Å². The predicted octanol–water partition coefficient (Wildman–Crippen LogP) is 4.15. The predicted molar refractivity (Wildman–Crippen MR) is 122 cm³/mol. The average Bonchev–Trinajstić information content (AvgIpc) is 3.28. The van der Waals surface area contributed by atoms with E-state index in [9.17, 15) is 9.90 Å². The van der Waals surface area contributed by atoms with Crippen LogP contribution in [0, 0.1) is 0 Å². The first-order chi connectivity index (χ1) is 15.6. The van der Waals surface area contributed by atoms with Crippen molar-refractivity contribution in [3.8, 4) is 17.1 Å². The Labute approximate surface area is 186 Å². The van der Waals surface area contributed by atoms with Gasteiger partial charge in [0, 0.05) is 24.7 Å². The minimum Gasteiger partial charge on any atom is -0.508 e. The first-order valence-corrected chi connectivity index (χ1v) is 10.4. The number of carbonyl (C=O) groups is 1. The molecule has 0 spiro atoms. The molecule has 0 saturated carbocycles. The highest BCUT2D eigenvalue weighted by molar-refractivity contribution is 5.80. The summed E-state index contributed by atoms with van der Waals surface area (Å²) in [6.07, 6.45) is 0.422.